The Morgan fingerprint density at radius 1 is 1.29 bits per heavy atom. The van der Waals surface area contributed by atoms with Crippen LogP contribution in [0.3, 0.4) is 0 Å². The highest BCUT2D eigenvalue weighted by atomic mass is 16.3. The van der Waals surface area contributed by atoms with Crippen molar-refractivity contribution >= 4 is 11.6 Å². The van der Waals surface area contributed by atoms with Gasteiger partial charge in [0.05, 0.1) is 6.61 Å². The number of carbonyl (C=O) groups is 1. The Morgan fingerprint density at radius 3 is 2.43 bits per heavy atom. The van der Waals surface area contributed by atoms with E-state index in [9.17, 15) is 9.90 Å². The second-order valence-electron chi connectivity index (χ2n) is 5.25. The molecule has 118 valence electrons. The number of benzene rings is 1. The van der Waals surface area contributed by atoms with Gasteiger partial charge in [0.15, 0.2) is 0 Å². The maximum atomic E-state index is 12.8. The summed E-state index contributed by atoms with van der Waals surface area (Å²) in [6.45, 7) is 9.40. The van der Waals surface area contributed by atoms with Gasteiger partial charge in [0.2, 0.25) is 0 Å². The van der Waals surface area contributed by atoms with Gasteiger partial charge in [-0.2, -0.15) is 0 Å². The number of nitrogens with one attached hydrogen (secondary N) is 1. The lowest BCUT2D eigenvalue weighted by Gasteiger charge is -2.30. The molecule has 0 aliphatic carbocycles. The molecule has 0 aliphatic heterocycles. The van der Waals surface area contributed by atoms with Crippen molar-refractivity contribution in [2.45, 2.75) is 46.6 Å². The van der Waals surface area contributed by atoms with Crippen LogP contribution in [0.25, 0.3) is 0 Å². The predicted octanol–water partition coefficient (Wildman–Crippen LogP) is 3.05. The Bertz CT molecular complexity index is 456. The molecule has 1 aromatic carbocycles. The molecule has 1 aromatic rings. The van der Waals surface area contributed by atoms with E-state index in [1.165, 1.54) is 0 Å². The Morgan fingerprint density at radius 2 is 1.95 bits per heavy atom. The van der Waals surface area contributed by atoms with E-state index in [-0.39, 0.29) is 18.6 Å². The summed E-state index contributed by atoms with van der Waals surface area (Å²) >= 11 is 0. The Hall–Kier alpha value is -1.55. The second kappa shape index (κ2) is 8.67. The standard InChI is InChI=1S/C17H28N2O2/c1-5-15(6-2)19(10-11-20)17(21)16-9-8-14(18-7-3)12-13(16)4/h8-9,12,15,18,20H,5-7,10-11H2,1-4H3. The SMILES string of the molecule is CCNc1ccc(C(=O)N(CCO)C(CC)CC)c(C)c1. The molecular formula is C17H28N2O2. The molecule has 0 atom stereocenters. The van der Waals surface area contributed by atoms with Gasteiger partial charge in [0.25, 0.3) is 5.91 Å². The van der Waals surface area contributed by atoms with E-state index in [1.807, 2.05) is 32.0 Å². The van der Waals surface area contributed by atoms with Crippen LogP contribution in [0.2, 0.25) is 0 Å². The monoisotopic (exact) mass is 292 g/mol. The van der Waals surface area contributed by atoms with Gasteiger partial charge < -0.3 is 15.3 Å². The van der Waals surface area contributed by atoms with Crippen LogP contribution in [0, 0.1) is 6.92 Å². The third kappa shape index (κ3) is 4.46. The van der Waals surface area contributed by atoms with Crippen LogP contribution in [0.5, 0.6) is 0 Å². The molecule has 4 heteroatoms. The van der Waals surface area contributed by atoms with Crippen LogP contribution in [0.15, 0.2) is 18.2 Å². The number of nitrogens with zero attached hydrogens (tertiary/aromatic N) is 1. The smallest absolute Gasteiger partial charge is 0.254 e. The van der Waals surface area contributed by atoms with Gasteiger partial charge in [0.1, 0.15) is 0 Å². The number of aliphatic hydroxyl groups is 1. The van der Waals surface area contributed by atoms with E-state index in [0.29, 0.717) is 6.54 Å². The number of aryl methyl sites for hydroxylation is 1. The van der Waals surface area contributed by atoms with Crippen molar-refractivity contribution in [3.05, 3.63) is 29.3 Å². The van der Waals surface area contributed by atoms with Crippen LogP contribution in [0.1, 0.15) is 49.5 Å². The predicted molar refractivity (Wildman–Crippen MR) is 87.8 cm³/mol. The maximum Gasteiger partial charge on any atom is 0.254 e. The number of hydrogen-bond acceptors (Lipinski definition) is 3. The lowest BCUT2D eigenvalue weighted by Crippen LogP contribution is -2.41. The average Bonchev–Trinajstić information content (AvgIpc) is 2.47. The van der Waals surface area contributed by atoms with Crippen molar-refractivity contribution in [1.29, 1.82) is 0 Å². The number of anilines is 1. The summed E-state index contributed by atoms with van der Waals surface area (Å²) in [6, 6.07) is 5.99. The Kier molecular flexibility index (Phi) is 7.23. The van der Waals surface area contributed by atoms with Gasteiger partial charge >= 0.3 is 0 Å². The van der Waals surface area contributed by atoms with Crippen LogP contribution in [-0.4, -0.2) is 41.7 Å². The third-order valence-corrected chi connectivity index (χ3v) is 3.82. The molecule has 0 bridgehead atoms. The molecule has 4 nitrogen and oxygen atoms in total. The summed E-state index contributed by atoms with van der Waals surface area (Å²) in [5.41, 5.74) is 2.71. The van der Waals surface area contributed by atoms with Gasteiger partial charge in [-0.05, 0) is 50.5 Å². The maximum absolute atomic E-state index is 12.8. The zero-order chi connectivity index (χ0) is 15.8. The molecule has 0 aromatic heterocycles. The molecule has 21 heavy (non-hydrogen) atoms. The molecule has 1 amide bonds. The highest BCUT2D eigenvalue weighted by molar-refractivity contribution is 5.96. The molecule has 0 aliphatic rings. The number of amides is 1. The lowest BCUT2D eigenvalue weighted by atomic mass is 10.0. The molecular weight excluding hydrogens is 264 g/mol. The summed E-state index contributed by atoms with van der Waals surface area (Å²) in [5.74, 6) is 0.0123. The molecule has 0 unspecified atom stereocenters. The van der Waals surface area contributed by atoms with E-state index in [2.05, 4.69) is 19.2 Å². The first-order chi connectivity index (χ1) is 10.1. The van der Waals surface area contributed by atoms with E-state index >= 15 is 0 Å². The summed E-state index contributed by atoms with van der Waals surface area (Å²) in [7, 11) is 0. The van der Waals surface area contributed by atoms with Crippen LogP contribution >= 0.6 is 0 Å². The molecule has 0 radical (unpaired) electrons. The van der Waals surface area contributed by atoms with Crippen molar-refractivity contribution in [3.8, 4) is 0 Å². The fraction of sp³-hybridized carbons (Fsp3) is 0.588. The first kappa shape index (κ1) is 17.5. The first-order valence-corrected chi connectivity index (χ1v) is 7.85. The van der Waals surface area contributed by atoms with Crippen LogP contribution in [-0.2, 0) is 0 Å². The first-order valence-electron chi connectivity index (χ1n) is 7.85. The van der Waals surface area contributed by atoms with E-state index in [4.69, 9.17) is 0 Å². The topological polar surface area (TPSA) is 52.6 Å². The van der Waals surface area contributed by atoms with Crippen molar-refractivity contribution < 1.29 is 9.90 Å². The number of aliphatic hydroxyl groups excluding tert-OH is 1. The largest absolute Gasteiger partial charge is 0.395 e. The van der Waals surface area contributed by atoms with Gasteiger partial charge in [-0.15, -0.1) is 0 Å². The normalized spacial score (nSPS) is 10.8. The van der Waals surface area contributed by atoms with Crippen molar-refractivity contribution in [3.63, 3.8) is 0 Å². The summed E-state index contributed by atoms with van der Waals surface area (Å²) in [5, 5.41) is 12.5. The van der Waals surface area contributed by atoms with Gasteiger partial charge in [-0.1, -0.05) is 13.8 Å². The van der Waals surface area contributed by atoms with Gasteiger partial charge in [-0.3, -0.25) is 4.79 Å². The van der Waals surface area contributed by atoms with Gasteiger partial charge in [-0.25, -0.2) is 0 Å². The van der Waals surface area contributed by atoms with Crippen molar-refractivity contribution in [1.82, 2.24) is 4.90 Å². The van der Waals surface area contributed by atoms with E-state index < -0.39 is 0 Å². The van der Waals surface area contributed by atoms with Crippen molar-refractivity contribution in [2.75, 3.05) is 25.0 Å². The Labute approximate surface area is 128 Å². The molecule has 0 spiro atoms. The molecule has 2 N–H and O–H groups in total. The zero-order valence-electron chi connectivity index (χ0n) is 13.6. The van der Waals surface area contributed by atoms with E-state index in [1.54, 1.807) is 4.90 Å². The summed E-state index contributed by atoms with van der Waals surface area (Å²) in [4.78, 5) is 14.6. The fourth-order valence-corrected chi connectivity index (χ4v) is 2.66. The minimum Gasteiger partial charge on any atom is -0.395 e. The highest BCUT2D eigenvalue weighted by Gasteiger charge is 2.23. The number of carbonyl (C=O) groups excluding carboxylic acids is 1. The molecule has 0 heterocycles. The zero-order valence-corrected chi connectivity index (χ0v) is 13.6. The fourth-order valence-electron chi connectivity index (χ4n) is 2.66. The Balaban J connectivity index is 3.03. The third-order valence-electron chi connectivity index (χ3n) is 3.82. The minimum absolute atomic E-state index is 0.00321. The second-order valence-corrected chi connectivity index (χ2v) is 5.25. The molecule has 0 fully saturated rings. The lowest BCUT2D eigenvalue weighted by molar-refractivity contribution is 0.0621. The molecule has 0 saturated carbocycles. The number of hydrogen-bond donors (Lipinski definition) is 2. The van der Waals surface area contributed by atoms with E-state index in [0.717, 1.165) is 36.2 Å². The molecule has 1 rings (SSSR count). The average molecular weight is 292 g/mol. The summed E-state index contributed by atoms with van der Waals surface area (Å²) in [6.07, 6.45) is 1.80. The van der Waals surface area contributed by atoms with Gasteiger partial charge in [0, 0.05) is 30.4 Å². The minimum atomic E-state index is -0.00321. The van der Waals surface area contributed by atoms with Crippen LogP contribution in [0.4, 0.5) is 5.69 Å². The number of rotatable bonds is 8. The van der Waals surface area contributed by atoms with Crippen molar-refractivity contribution in [2.24, 2.45) is 0 Å². The quantitative estimate of drug-likeness (QED) is 0.774. The summed E-state index contributed by atoms with van der Waals surface area (Å²) < 4.78 is 0. The highest BCUT2D eigenvalue weighted by Crippen LogP contribution is 2.19. The van der Waals surface area contributed by atoms with Crippen LogP contribution < -0.4 is 5.32 Å². The molecule has 0 saturated heterocycles.